The lowest BCUT2D eigenvalue weighted by atomic mass is 10.0. The molecule has 0 fully saturated rings. The number of hydrogen-bond donors (Lipinski definition) is 0. The Morgan fingerprint density at radius 1 is 0.371 bits per heavy atom. The number of ether oxygens (including phenoxy) is 2. The zero-order valence-electron chi connectivity index (χ0n) is 34.1. The molecule has 9 nitrogen and oxygen atoms in total. The molecule has 9 heteroatoms. The third-order valence-corrected chi connectivity index (χ3v) is 11.8. The Kier molecular flexibility index (Phi) is 7.98. The summed E-state index contributed by atoms with van der Waals surface area (Å²) in [5.41, 5.74) is 9.20. The molecule has 0 radical (unpaired) electrons. The molecule has 0 aliphatic rings. The highest BCUT2D eigenvalue weighted by atomic mass is 16.5. The van der Waals surface area contributed by atoms with E-state index in [2.05, 4.69) is 125 Å². The van der Waals surface area contributed by atoms with Crippen LogP contribution in [0, 0.1) is 20.8 Å². The van der Waals surface area contributed by atoms with Gasteiger partial charge in [0.25, 0.3) is 0 Å². The second-order valence-electron chi connectivity index (χ2n) is 15.8. The summed E-state index contributed by atoms with van der Waals surface area (Å²) in [6.45, 7) is 6.27. The van der Waals surface area contributed by atoms with Crippen LogP contribution in [0.15, 0.2) is 170 Å². The molecule has 0 aliphatic carbocycles. The summed E-state index contributed by atoms with van der Waals surface area (Å²) < 4.78 is 20.1. The lowest BCUT2D eigenvalue weighted by molar-refractivity contribution is 0.483. The summed E-state index contributed by atoms with van der Waals surface area (Å²) in [5.74, 6) is 5.11. The molecule has 0 N–H and O–H groups in total. The van der Waals surface area contributed by atoms with E-state index >= 15 is 0 Å². The van der Waals surface area contributed by atoms with Gasteiger partial charge in [0, 0.05) is 81.4 Å². The van der Waals surface area contributed by atoms with Crippen LogP contribution in [0.25, 0.3) is 83.0 Å². The van der Waals surface area contributed by atoms with Gasteiger partial charge in [0.2, 0.25) is 5.95 Å². The first-order chi connectivity index (χ1) is 30.5. The van der Waals surface area contributed by atoms with Gasteiger partial charge in [-0.2, -0.15) is 0 Å². The van der Waals surface area contributed by atoms with Crippen molar-refractivity contribution >= 4 is 65.4 Å². The minimum Gasteiger partial charge on any atom is -0.457 e. The fourth-order valence-electron chi connectivity index (χ4n) is 9.21. The molecule has 6 aromatic carbocycles. The number of aryl methyl sites for hydroxylation is 3. The minimum absolute atomic E-state index is 0.561. The Morgan fingerprint density at radius 2 is 0.806 bits per heavy atom. The van der Waals surface area contributed by atoms with Gasteiger partial charge in [0.15, 0.2) is 0 Å². The molecule has 12 rings (SSSR count). The van der Waals surface area contributed by atoms with Crippen LogP contribution in [0.4, 0.5) is 0 Å². The maximum atomic E-state index is 6.78. The number of para-hydroxylation sites is 2. The number of benzene rings is 6. The van der Waals surface area contributed by atoms with Crippen LogP contribution in [0.3, 0.4) is 0 Å². The Labute approximate surface area is 355 Å². The zero-order valence-corrected chi connectivity index (χ0v) is 34.1. The average Bonchev–Trinajstić information content (AvgIpc) is 3.93. The van der Waals surface area contributed by atoms with Gasteiger partial charge in [-0.3, -0.25) is 13.7 Å². The first-order valence-corrected chi connectivity index (χ1v) is 20.6. The van der Waals surface area contributed by atoms with Crippen molar-refractivity contribution < 1.29 is 9.47 Å². The molecule has 0 unspecified atom stereocenters. The molecule has 0 atom stereocenters. The molecular formula is C53H37N7O2. The smallest absolute Gasteiger partial charge is 0.234 e. The van der Waals surface area contributed by atoms with Gasteiger partial charge in [0.1, 0.15) is 34.6 Å². The quantitative estimate of drug-likeness (QED) is 0.159. The molecule has 0 spiro atoms. The molecule has 62 heavy (non-hydrogen) atoms. The first-order valence-electron chi connectivity index (χ1n) is 20.6. The standard InChI is InChI=1S/C53H37N7O2/c1-32-30-56-53(57-31-32)60-47-28-37(61-35-18-20-41-39-12-4-6-14-43(39)58(45(41)26-35)49-16-8-10-22-54-49)24-33(2)51(47)52-34(3)25-38(29-48(52)60)62-36-19-21-42-40-13-5-7-15-44(40)59(46(42)27-36)50-17-9-11-23-55-50/h4-31H,1-3H3. The maximum absolute atomic E-state index is 6.78. The molecule has 0 amide bonds. The maximum Gasteiger partial charge on any atom is 0.234 e. The summed E-state index contributed by atoms with van der Waals surface area (Å²) in [5, 5.41) is 6.79. The van der Waals surface area contributed by atoms with Gasteiger partial charge in [-0.15, -0.1) is 0 Å². The highest BCUT2D eigenvalue weighted by Crippen LogP contribution is 2.42. The van der Waals surface area contributed by atoms with Crippen LogP contribution in [-0.2, 0) is 0 Å². The SMILES string of the molecule is Cc1cnc(-n2c3cc(Oc4ccc5c6ccccc6n(-c6ccccn6)c5c4)cc(C)c3c3c(C)cc(Oc4ccc5c6ccccc6n(-c6ccccn6)c5c4)cc32)nc1. The number of fused-ring (bicyclic) bond motifs is 9. The zero-order chi connectivity index (χ0) is 41.5. The fraction of sp³-hybridized carbons (Fsp3) is 0.0566. The number of pyridine rings is 2. The Balaban J connectivity index is 0.992. The predicted octanol–water partition coefficient (Wildman–Crippen LogP) is 13.1. The van der Waals surface area contributed by atoms with Crippen molar-refractivity contribution in [2.75, 3.05) is 0 Å². The van der Waals surface area contributed by atoms with Crippen molar-refractivity contribution in [3.8, 4) is 40.6 Å². The van der Waals surface area contributed by atoms with Crippen molar-refractivity contribution in [2.24, 2.45) is 0 Å². The van der Waals surface area contributed by atoms with E-state index in [9.17, 15) is 0 Å². The highest BCUT2D eigenvalue weighted by Gasteiger charge is 2.22. The van der Waals surface area contributed by atoms with Crippen LogP contribution >= 0.6 is 0 Å². The molecule has 6 heterocycles. The van der Waals surface area contributed by atoms with E-state index in [1.54, 1.807) is 0 Å². The number of nitrogens with zero attached hydrogens (tertiary/aromatic N) is 7. The van der Waals surface area contributed by atoms with E-state index in [4.69, 9.17) is 29.4 Å². The third kappa shape index (κ3) is 5.63. The van der Waals surface area contributed by atoms with E-state index in [0.29, 0.717) is 17.4 Å². The lowest BCUT2D eigenvalue weighted by Gasteiger charge is -2.11. The topological polar surface area (TPSA) is 84.8 Å². The van der Waals surface area contributed by atoms with Crippen molar-refractivity contribution in [2.45, 2.75) is 20.8 Å². The number of hydrogen-bond acceptors (Lipinski definition) is 6. The molecule has 12 aromatic rings. The van der Waals surface area contributed by atoms with Gasteiger partial charge in [-0.25, -0.2) is 19.9 Å². The van der Waals surface area contributed by atoms with Crippen molar-refractivity contribution in [1.82, 2.24) is 33.6 Å². The van der Waals surface area contributed by atoms with Crippen LogP contribution < -0.4 is 9.47 Å². The van der Waals surface area contributed by atoms with E-state index < -0.39 is 0 Å². The molecule has 0 bridgehead atoms. The molecular weight excluding hydrogens is 767 g/mol. The normalized spacial score (nSPS) is 11.8. The van der Waals surface area contributed by atoms with E-state index in [-0.39, 0.29) is 0 Å². The average molecular weight is 804 g/mol. The van der Waals surface area contributed by atoms with Gasteiger partial charge in [0.05, 0.1) is 33.1 Å². The largest absolute Gasteiger partial charge is 0.457 e. The summed E-state index contributed by atoms with van der Waals surface area (Å²) in [4.78, 5) is 19.1. The van der Waals surface area contributed by atoms with Crippen LogP contribution in [-0.4, -0.2) is 33.6 Å². The lowest BCUT2D eigenvalue weighted by Crippen LogP contribution is -2.01. The van der Waals surface area contributed by atoms with Crippen LogP contribution in [0.5, 0.6) is 23.0 Å². The molecule has 0 saturated heterocycles. The summed E-state index contributed by atoms with van der Waals surface area (Å²) >= 11 is 0. The molecule has 0 aliphatic heterocycles. The summed E-state index contributed by atoms with van der Waals surface area (Å²) in [6.07, 6.45) is 7.36. The first kappa shape index (κ1) is 35.6. The Bertz CT molecular complexity index is 3500. The molecule has 296 valence electrons. The van der Waals surface area contributed by atoms with Crippen molar-refractivity contribution in [3.63, 3.8) is 0 Å². The third-order valence-electron chi connectivity index (χ3n) is 11.8. The molecule has 6 aromatic heterocycles. The van der Waals surface area contributed by atoms with Gasteiger partial charge >= 0.3 is 0 Å². The van der Waals surface area contributed by atoms with E-state index in [1.807, 2.05) is 80.2 Å². The van der Waals surface area contributed by atoms with E-state index in [1.165, 1.54) is 0 Å². The van der Waals surface area contributed by atoms with Gasteiger partial charge in [-0.1, -0.05) is 48.5 Å². The fourth-order valence-corrected chi connectivity index (χ4v) is 9.21. The van der Waals surface area contributed by atoms with Gasteiger partial charge < -0.3 is 9.47 Å². The highest BCUT2D eigenvalue weighted by molar-refractivity contribution is 6.13. The monoisotopic (exact) mass is 803 g/mol. The number of rotatable bonds is 7. The van der Waals surface area contributed by atoms with Gasteiger partial charge in [-0.05, 0) is 110 Å². The predicted molar refractivity (Wildman–Crippen MR) is 248 cm³/mol. The Morgan fingerprint density at radius 3 is 1.27 bits per heavy atom. The Hall–Kier alpha value is -8.30. The van der Waals surface area contributed by atoms with Crippen LogP contribution in [0.2, 0.25) is 0 Å². The summed E-state index contributed by atoms with van der Waals surface area (Å²) in [7, 11) is 0. The molecule has 0 saturated carbocycles. The van der Waals surface area contributed by atoms with Crippen molar-refractivity contribution in [3.05, 3.63) is 187 Å². The van der Waals surface area contributed by atoms with Crippen LogP contribution in [0.1, 0.15) is 16.7 Å². The van der Waals surface area contributed by atoms with E-state index in [0.717, 1.165) is 105 Å². The second kappa shape index (κ2) is 13.9. The van der Waals surface area contributed by atoms with Crippen molar-refractivity contribution in [1.29, 1.82) is 0 Å². The second-order valence-corrected chi connectivity index (χ2v) is 15.8. The number of aromatic nitrogens is 7. The minimum atomic E-state index is 0.561. The summed E-state index contributed by atoms with van der Waals surface area (Å²) in [6, 6.07) is 49.8.